The number of piperidine rings is 1. The summed E-state index contributed by atoms with van der Waals surface area (Å²) in [7, 11) is 1.99. The zero-order valence-electron chi connectivity index (χ0n) is 21.0. The van der Waals surface area contributed by atoms with Gasteiger partial charge < -0.3 is 19.5 Å². The summed E-state index contributed by atoms with van der Waals surface area (Å²) in [6.07, 6.45) is 5.08. The third-order valence-corrected chi connectivity index (χ3v) is 6.52. The monoisotopic (exact) mass is 450 g/mol. The summed E-state index contributed by atoms with van der Waals surface area (Å²) in [5.74, 6) is 2.17. The first-order valence-corrected chi connectivity index (χ1v) is 12.2. The van der Waals surface area contributed by atoms with Crippen molar-refractivity contribution in [3.8, 4) is 0 Å². The van der Waals surface area contributed by atoms with Gasteiger partial charge in [-0.1, -0.05) is 39.8 Å². The first-order chi connectivity index (χ1) is 15.8. The highest BCUT2D eigenvalue weighted by Gasteiger charge is 2.24. The Morgan fingerprint density at radius 1 is 1.15 bits per heavy atom. The number of nitrogens with one attached hydrogen (secondary N) is 1. The van der Waals surface area contributed by atoms with Crippen molar-refractivity contribution in [2.45, 2.75) is 59.3 Å². The molecule has 0 amide bonds. The van der Waals surface area contributed by atoms with Gasteiger partial charge in [0.25, 0.3) is 0 Å². The SMILES string of the molecule is CCCOCC1CCN(c2nc(Nc3cc(C(C)(C)C)ccc3C)c3c(ncn3C)n2)CC1. The molecule has 7 nitrogen and oxygen atoms in total. The van der Waals surface area contributed by atoms with E-state index in [1.54, 1.807) is 0 Å². The van der Waals surface area contributed by atoms with E-state index in [0.29, 0.717) is 5.92 Å². The van der Waals surface area contributed by atoms with Crippen LogP contribution in [0.5, 0.6) is 0 Å². The molecule has 1 aromatic carbocycles. The third kappa shape index (κ3) is 5.29. The van der Waals surface area contributed by atoms with E-state index in [1.165, 1.54) is 11.1 Å². The van der Waals surface area contributed by atoms with Gasteiger partial charge in [0.05, 0.1) is 6.33 Å². The molecular weight excluding hydrogens is 412 g/mol. The lowest BCUT2D eigenvalue weighted by Crippen LogP contribution is -2.36. The molecular formula is C26H38N6O. The Morgan fingerprint density at radius 2 is 1.91 bits per heavy atom. The first kappa shape index (κ1) is 23.5. The van der Waals surface area contributed by atoms with E-state index in [1.807, 2.05) is 17.9 Å². The summed E-state index contributed by atoms with van der Waals surface area (Å²) in [5.41, 5.74) is 5.27. The van der Waals surface area contributed by atoms with Crippen LogP contribution >= 0.6 is 0 Å². The normalized spacial score (nSPS) is 15.4. The van der Waals surface area contributed by atoms with Gasteiger partial charge in [-0.05, 0) is 54.7 Å². The summed E-state index contributed by atoms with van der Waals surface area (Å²) in [4.78, 5) is 16.6. The number of aromatic nitrogens is 4. The fraction of sp³-hybridized carbons (Fsp3) is 0.577. The summed E-state index contributed by atoms with van der Waals surface area (Å²) in [6, 6.07) is 6.62. The maximum absolute atomic E-state index is 5.78. The predicted molar refractivity (Wildman–Crippen MR) is 136 cm³/mol. The van der Waals surface area contributed by atoms with Gasteiger partial charge in [-0.15, -0.1) is 0 Å². The number of benzene rings is 1. The molecule has 0 unspecified atom stereocenters. The van der Waals surface area contributed by atoms with Gasteiger partial charge in [0.15, 0.2) is 11.5 Å². The molecule has 1 fully saturated rings. The molecule has 3 heterocycles. The van der Waals surface area contributed by atoms with Gasteiger partial charge in [0.1, 0.15) is 5.52 Å². The van der Waals surface area contributed by atoms with E-state index in [4.69, 9.17) is 14.7 Å². The van der Waals surface area contributed by atoms with E-state index in [9.17, 15) is 0 Å². The maximum atomic E-state index is 5.78. The van der Waals surface area contributed by atoms with Crippen molar-refractivity contribution in [1.29, 1.82) is 0 Å². The van der Waals surface area contributed by atoms with Crippen molar-refractivity contribution in [3.05, 3.63) is 35.7 Å². The second-order valence-corrected chi connectivity index (χ2v) is 10.3. The summed E-state index contributed by atoms with van der Waals surface area (Å²) < 4.78 is 7.77. The fourth-order valence-electron chi connectivity index (χ4n) is 4.32. The number of rotatable bonds is 7. The van der Waals surface area contributed by atoms with E-state index in [2.05, 4.69) is 68.0 Å². The molecule has 1 aliphatic heterocycles. The van der Waals surface area contributed by atoms with Crippen LogP contribution in [-0.2, 0) is 17.2 Å². The number of hydrogen-bond donors (Lipinski definition) is 1. The minimum atomic E-state index is 0.0774. The van der Waals surface area contributed by atoms with Crippen LogP contribution in [0.3, 0.4) is 0 Å². The molecule has 0 saturated carbocycles. The molecule has 1 saturated heterocycles. The Kier molecular flexibility index (Phi) is 6.88. The Morgan fingerprint density at radius 3 is 2.61 bits per heavy atom. The van der Waals surface area contributed by atoms with Crippen molar-refractivity contribution >= 4 is 28.6 Å². The van der Waals surface area contributed by atoms with Crippen LogP contribution in [0.2, 0.25) is 0 Å². The van der Waals surface area contributed by atoms with Crippen LogP contribution in [0, 0.1) is 12.8 Å². The van der Waals surface area contributed by atoms with E-state index in [-0.39, 0.29) is 5.41 Å². The van der Waals surface area contributed by atoms with Crippen molar-refractivity contribution in [3.63, 3.8) is 0 Å². The van der Waals surface area contributed by atoms with Crippen molar-refractivity contribution < 1.29 is 4.74 Å². The molecule has 0 bridgehead atoms. The average molecular weight is 451 g/mol. The number of fused-ring (bicyclic) bond motifs is 1. The topological polar surface area (TPSA) is 68.1 Å². The van der Waals surface area contributed by atoms with Gasteiger partial charge in [-0.3, -0.25) is 0 Å². The highest BCUT2D eigenvalue weighted by Crippen LogP contribution is 2.32. The Bertz CT molecular complexity index is 1090. The largest absolute Gasteiger partial charge is 0.381 e. The number of nitrogens with zero attached hydrogens (tertiary/aromatic N) is 5. The Labute approximate surface area is 197 Å². The molecule has 0 spiro atoms. The van der Waals surface area contributed by atoms with Crippen LogP contribution in [0.15, 0.2) is 24.5 Å². The van der Waals surface area contributed by atoms with Crippen LogP contribution in [-0.4, -0.2) is 45.8 Å². The molecule has 178 valence electrons. The third-order valence-electron chi connectivity index (χ3n) is 6.52. The molecule has 0 aliphatic carbocycles. The average Bonchev–Trinajstić information content (AvgIpc) is 3.16. The van der Waals surface area contributed by atoms with Crippen molar-refractivity contribution in [1.82, 2.24) is 19.5 Å². The number of ether oxygens (including phenoxy) is 1. The van der Waals surface area contributed by atoms with E-state index >= 15 is 0 Å². The molecule has 0 radical (unpaired) electrons. The number of aryl methyl sites for hydroxylation is 2. The second-order valence-electron chi connectivity index (χ2n) is 10.3. The fourth-order valence-corrected chi connectivity index (χ4v) is 4.32. The van der Waals surface area contributed by atoms with Crippen LogP contribution in [0.25, 0.3) is 11.2 Å². The molecule has 33 heavy (non-hydrogen) atoms. The Balaban J connectivity index is 1.60. The second kappa shape index (κ2) is 9.67. The number of hydrogen-bond acceptors (Lipinski definition) is 6. The zero-order chi connectivity index (χ0) is 23.6. The molecule has 7 heteroatoms. The molecule has 2 aromatic heterocycles. The molecule has 3 aromatic rings. The number of imidazole rings is 1. The van der Waals surface area contributed by atoms with Crippen LogP contribution < -0.4 is 10.2 Å². The van der Waals surface area contributed by atoms with Gasteiger partial charge in [-0.25, -0.2) is 4.98 Å². The smallest absolute Gasteiger partial charge is 0.229 e. The first-order valence-electron chi connectivity index (χ1n) is 12.2. The van der Waals surface area contributed by atoms with Crippen molar-refractivity contribution in [2.75, 3.05) is 36.5 Å². The highest BCUT2D eigenvalue weighted by atomic mass is 16.5. The van der Waals surface area contributed by atoms with Gasteiger partial charge in [-0.2, -0.15) is 9.97 Å². The van der Waals surface area contributed by atoms with Gasteiger partial charge in [0, 0.05) is 39.0 Å². The van der Waals surface area contributed by atoms with E-state index in [0.717, 1.165) is 74.2 Å². The molecule has 0 atom stereocenters. The summed E-state index contributed by atoms with van der Waals surface area (Å²) in [5, 5.41) is 3.62. The summed E-state index contributed by atoms with van der Waals surface area (Å²) >= 11 is 0. The Hall–Kier alpha value is -2.67. The number of anilines is 3. The van der Waals surface area contributed by atoms with Crippen molar-refractivity contribution in [2.24, 2.45) is 13.0 Å². The lowest BCUT2D eigenvalue weighted by atomic mass is 9.86. The van der Waals surface area contributed by atoms with Crippen LogP contribution in [0.4, 0.5) is 17.5 Å². The summed E-state index contributed by atoms with van der Waals surface area (Å²) in [6.45, 7) is 14.6. The standard InChI is InChI=1S/C26H38N6O/c1-7-14-33-16-19-10-12-32(13-11-19)25-29-23-22(31(6)17-27-23)24(30-25)28-21-15-20(26(3,4)5)9-8-18(21)2/h8-9,15,17,19H,7,10-14,16H2,1-6H3,(H,28,29,30). The van der Waals surface area contributed by atoms with Crippen LogP contribution in [0.1, 0.15) is 58.1 Å². The predicted octanol–water partition coefficient (Wildman–Crippen LogP) is 5.36. The highest BCUT2D eigenvalue weighted by molar-refractivity contribution is 5.87. The lowest BCUT2D eigenvalue weighted by molar-refractivity contribution is 0.0907. The molecule has 4 rings (SSSR count). The zero-order valence-corrected chi connectivity index (χ0v) is 21.0. The lowest BCUT2D eigenvalue weighted by Gasteiger charge is -2.32. The van der Waals surface area contributed by atoms with Gasteiger partial charge >= 0.3 is 0 Å². The van der Waals surface area contributed by atoms with Gasteiger partial charge in [0.2, 0.25) is 5.95 Å². The molecule has 1 N–H and O–H groups in total. The maximum Gasteiger partial charge on any atom is 0.229 e. The quantitative estimate of drug-likeness (QED) is 0.489. The minimum absolute atomic E-state index is 0.0774. The minimum Gasteiger partial charge on any atom is -0.381 e. The molecule has 1 aliphatic rings. The van der Waals surface area contributed by atoms with E-state index < -0.39 is 0 Å².